The Bertz CT molecular complexity index is 836. The second-order valence-electron chi connectivity index (χ2n) is 5.23. The van der Waals surface area contributed by atoms with Gasteiger partial charge in [0.1, 0.15) is 6.72 Å². The monoisotopic (exact) mass is 299 g/mol. The number of hydrogen-bond donors (Lipinski definition) is 0. The summed E-state index contributed by atoms with van der Waals surface area (Å²) in [5, 5.41) is 11.8. The third-order valence-corrected chi connectivity index (χ3v) is 3.66. The lowest BCUT2D eigenvalue weighted by Crippen LogP contribution is -1.97. The van der Waals surface area contributed by atoms with Gasteiger partial charge in [-0.05, 0) is 28.8 Å². The summed E-state index contributed by atoms with van der Waals surface area (Å²) in [5.74, 6) is 0. The average molecular weight is 299 g/mol. The molecule has 0 amide bonds. The number of nitrogens with zero attached hydrogens (tertiary/aromatic N) is 1. The van der Waals surface area contributed by atoms with Crippen molar-refractivity contribution in [3.05, 3.63) is 107 Å². The molecule has 3 aromatic rings. The standard InChI is InChI=1S/C21H17NO/c1-22(23)21-15-9-8-14-19(21)20(18-12-6-3-7-13-18)16-17-10-4-2-5-11-17/h2-16H,1H2. The highest BCUT2D eigenvalue weighted by Gasteiger charge is 2.14. The fourth-order valence-electron chi connectivity index (χ4n) is 2.57. The summed E-state index contributed by atoms with van der Waals surface area (Å²) in [6.07, 6.45) is 2.09. The van der Waals surface area contributed by atoms with Gasteiger partial charge in [-0.15, -0.1) is 0 Å². The number of benzene rings is 3. The van der Waals surface area contributed by atoms with Crippen LogP contribution in [-0.2, 0) is 0 Å². The molecule has 0 spiro atoms. The molecule has 23 heavy (non-hydrogen) atoms. The molecule has 0 bridgehead atoms. The predicted molar refractivity (Wildman–Crippen MR) is 96.7 cm³/mol. The van der Waals surface area contributed by atoms with Gasteiger partial charge in [0.2, 0.25) is 5.69 Å². The van der Waals surface area contributed by atoms with Gasteiger partial charge < -0.3 is 5.21 Å². The lowest BCUT2D eigenvalue weighted by Gasteiger charge is -2.12. The van der Waals surface area contributed by atoms with Crippen molar-refractivity contribution in [1.82, 2.24) is 0 Å². The number of rotatable bonds is 4. The third kappa shape index (κ3) is 3.38. The van der Waals surface area contributed by atoms with Crippen molar-refractivity contribution in [3.63, 3.8) is 0 Å². The summed E-state index contributed by atoms with van der Waals surface area (Å²) >= 11 is 0. The van der Waals surface area contributed by atoms with Crippen LogP contribution in [0.4, 0.5) is 5.69 Å². The molecular formula is C21H17NO. The van der Waals surface area contributed by atoms with Crippen LogP contribution in [0.1, 0.15) is 16.7 Å². The van der Waals surface area contributed by atoms with Crippen LogP contribution in [0.5, 0.6) is 0 Å². The first-order valence-electron chi connectivity index (χ1n) is 7.45. The van der Waals surface area contributed by atoms with E-state index in [4.69, 9.17) is 0 Å². The second-order valence-corrected chi connectivity index (χ2v) is 5.23. The largest absolute Gasteiger partial charge is 0.619 e. The molecule has 0 unspecified atom stereocenters. The maximum absolute atomic E-state index is 11.8. The molecule has 2 heteroatoms. The van der Waals surface area contributed by atoms with E-state index >= 15 is 0 Å². The molecule has 0 aromatic heterocycles. The molecule has 112 valence electrons. The van der Waals surface area contributed by atoms with Gasteiger partial charge in [0.25, 0.3) is 0 Å². The molecule has 3 aromatic carbocycles. The average Bonchev–Trinajstić information content (AvgIpc) is 2.61. The van der Waals surface area contributed by atoms with Crippen LogP contribution in [0.15, 0.2) is 84.9 Å². The van der Waals surface area contributed by atoms with E-state index in [-0.39, 0.29) is 0 Å². The van der Waals surface area contributed by atoms with Crippen LogP contribution in [0.2, 0.25) is 0 Å². The molecule has 3 rings (SSSR count). The summed E-state index contributed by atoms with van der Waals surface area (Å²) in [7, 11) is 0. The minimum Gasteiger partial charge on any atom is -0.619 e. The van der Waals surface area contributed by atoms with Crippen LogP contribution in [-0.4, -0.2) is 11.5 Å². The van der Waals surface area contributed by atoms with Gasteiger partial charge in [-0.1, -0.05) is 72.8 Å². The van der Waals surface area contributed by atoms with E-state index in [0.29, 0.717) is 10.4 Å². The van der Waals surface area contributed by atoms with Crippen molar-refractivity contribution in [2.45, 2.75) is 0 Å². The van der Waals surface area contributed by atoms with E-state index in [1.54, 1.807) is 6.07 Å². The van der Waals surface area contributed by atoms with Gasteiger partial charge in [0.15, 0.2) is 0 Å². The quantitative estimate of drug-likeness (QED) is 0.216. The Morgan fingerprint density at radius 1 is 0.783 bits per heavy atom. The summed E-state index contributed by atoms with van der Waals surface area (Å²) in [6, 6.07) is 27.7. The van der Waals surface area contributed by atoms with Crippen molar-refractivity contribution in [2.75, 3.05) is 0 Å². The van der Waals surface area contributed by atoms with Crippen LogP contribution < -0.4 is 0 Å². The van der Waals surface area contributed by atoms with Crippen LogP contribution in [0.25, 0.3) is 11.6 Å². The Labute approximate surface area is 136 Å². The third-order valence-electron chi connectivity index (χ3n) is 3.66. The van der Waals surface area contributed by atoms with E-state index < -0.39 is 0 Å². The molecule has 0 heterocycles. The number of para-hydroxylation sites is 1. The van der Waals surface area contributed by atoms with Gasteiger partial charge in [0, 0.05) is 6.07 Å². The normalized spacial score (nSPS) is 11.2. The first-order valence-corrected chi connectivity index (χ1v) is 7.45. The Morgan fingerprint density at radius 2 is 1.35 bits per heavy atom. The minimum atomic E-state index is 0.554. The summed E-state index contributed by atoms with van der Waals surface area (Å²) in [5.41, 5.74) is 4.57. The molecule has 0 radical (unpaired) electrons. The molecule has 2 nitrogen and oxygen atoms in total. The molecule has 0 N–H and O–H groups in total. The zero-order valence-electron chi connectivity index (χ0n) is 12.7. The summed E-state index contributed by atoms with van der Waals surface area (Å²) in [4.78, 5) is 0. The van der Waals surface area contributed by atoms with Crippen LogP contribution in [0, 0.1) is 5.21 Å². The molecule has 0 saturated carbocycles. The van der Waals surface area contributed by atoms with E-state index in [2.05, 4.69) is 12.8 Å². The van der Waals surface area contributed by atoms with Gasteiger partial charge in [-0.25, -0.2) is 0 Å². The van der Waals surface area contributed by atoms with Crippen molar-refractivity contribution >= 4 is 24.1 Å². The topological polar surface area (TPSA) is 26.1 Å². The maximum atomic E-state index is 11.8. The first kappa shape index (κ1) is 14.8. The highest BCUT2D eigenvalue weighted by atomic mass is 16.5. The molecule has 0 fully saturated rings. The molecule has 0 aliphatic carbocycles. The predicted octanol–water partition coefficient (Wildman–Crippen LogP) is 5.12. The smallest absolute Gasteiger partial charge is 0.223 e. The Balaban J connectivity index is 2.22. The fraction of sp³-hybridized carbons (Fsp3) is 0. The van der Waals surface area contributed by atoms with E-state index in [1.165, 1.54) is 0 Å². The second kappa shape index (κ2) is 6.75. The highest BCUT2D eigenvalue weighted by Crippen LogP contribution is 2.32. The molecule has 0 saturated heterocycles. The number of hydrogen-bond acceptors (Lipinski definition) is 1. The van der Waals surface area contributed by atoms with Crippen molar-refractivity contribution in [1.29, 1.82) is 0 Å². The van der Waals surface area contributed by atoms with E-state index in [9.17, 15) is 5.21 Å². The first-order chi connectivity index (χ1) is 11.3. The Hall–Kier alpha value is -3.13. The van der Waals surface area contributed by atoms with Gasteiger partial charge in [-0.3, -0.25) is 0 Å². The fourth-order valence-corrected chi connectivity index (χ4v) is 2.57. The molecule has 0 aliphatic rings. The van der Waals surface area contributed by atoms with Crippen molar-refractivity contribution in [3.8, 4) is 0 Å². The SMILES string of the molecule is C=[N+]([O-])c1ccccc1C(=Cc1ccccc1)c1ccccc1. The van der Waals surface area contributed by atoms with Gasteiger partial charge in [0.05, 0.1) is 5.56 Å². The van der Waals surface area contributed by atoms with E-state index in [0.717, 1.165) is 22.3 Å². The minimum absolute atomic E-state index is 0.554. The molecule has 0 atom stereocenters. The lowest BCUT2D eigenvalue weighted by atomic mass is 9.94. The molecular weight excluding hydrogens is 282 g/mol. The van der Waals surface area contributed by atoms with Crippen LogP contribution >= 0.6 is 0 Å². The van der Waals surface area contributed by atoms with Gasteiger partial charge in [-0.2, -0.15) is 4.74 Å². The van der Waals surface area contributed by atoms with Crippen molar-refractivity contribution in [2.24, 2.45) is 0 Å². The van der Waals surface area contributed by atoms with E-state index in [1.807, 2.05) is 78.9 Å². The Kier molecular flexibility index (Phi) is 4.34. The van der Waals surface area contributed by atoms with Gasteiger partial charge >= 0.3 is 0 Å². The summed E-state index contributed by atoms with van der Waals surface area (Å²) < 4.78 is 0.664. The summed E-state index contributed by atoms with van der Waals surface area (Å²) in [6.45, 7) is 3.50. The Morgan fingerprint density at radius 3 is 2.00 bits per heavy atom. The molecule has 0 aliphatic heterocycles. The van der Waals surface area contributed by atoms with Crippen LogP contribution in [0.3, 0.4) is 0 Å². The zero-order valence-corrected chi connectivity index (χ0v) is 12.7. The highest BCUT2D eigenvalue weighted by molar-refractivity contribution is 5.94. The van der Waals surface area contributed by atoms with Crippen molar-refractivity contribution < 1.29 is 4.74 Å². The maximum Gasteiger partial charge on any atom is 0.223 e. The zero-order chi connectivity index (χ0) is 16.1. The lowest BCUT2D eigenvalue weighted by molar-refractivity contribution is -0.350.